The van der Waals surface area contributed by atoms with Gasteiger partial charge in [0.25, 0.3) is 0 Å². The molecule has 0 aliphatic heterocycles. The molecule has 0 bridgehead atoms. The van der Waals surface area contributed by atoms with Crippen LogP contribution in [0.2, 0.25) is 5.02 Å². The van der Waals surface area contributed by atoms with Gasteiger partial charge in [-0.15, -0.1) is 11.8 Å². The van der Waals surface area contributed by atoms with Crippen LogP contribution in [0.15, 0.2) is 23.1 Å². The molecular formula is C15H20ClN3S. The van der Waals surface area contributed by atoms with Gasteiger partial charge in [0, 0.05) is 22.9 Å². The van der Waals surface area contributed by atoms with Gasteiger partial charge >= 0.3 is 0 Å². The maximum Gasteiger partial charge on any atom is 0.0858 e. The molecule has 0 atom stereocenters. The van der Waals surface area contributed by atoms with Crippen molar-refractivity contribution in [2.75, 3.05) is 5.73 Å². The number of hydrogen-bond donors (Lipinski definition) is 1. The Bertz CT molecular complexity index is 607. The van der Waals surface area contributed by atoms with Crippen molar-refractivity contribution in [3.05, 3.63) is 40.2 Å². The topological polar surface area (TPSA) is 43.8 Å². The molecule has 2 rings (SSSR count). The lowest BCUT2D eigenvalue weighted by Gasteiger charge is -2.08. The number of halogens is 1. The molecular weight excluding hydrogens is 290 g/mol. The Kier molecular flexibility index (Phi) is 5.00. The summed E-state index contributed by atoms with van der Waals surface area (Å²) in [5.41, 5.74) is 10.1. The van der Waals surface area contributed by atoms with Crippen molar-refractivity contribution in [3.63, 3.8) is 0 Å². The van der Waals surface area contributed by atoms with E-state index in [4.69, 9.17) is 17.3 Å². The third-order valence-electron chi connectivity index (χ3n) is 3.22. The third kappa shape index (κ3) is 3.13. The van der Waals surface area contributed by atoms with E-state index in [9.17, 15) is 0 Å². The third-order valence-corrected chi connectivity index (χ3v) is 4.76. The van der Waals surface area contributed by atoms with E-state index in [1.54, 1.807) is 11.8 Å². The van der Waals surface area contributed by atoms with Gasteiger partial charge in [0.15, 0.2) is 0 Å². The van der Waals surface area contributed by atoms with E-state index in [-0.39, 0.29) is 0 Å². The van der Waals surface area contributed by atoms with Gasteiger partial charge in [0.1, 0.15) is 0 Å². The molecule has 0 radical (unpaired) electrons. The molecule has 1 aromatic carbocycles. The minimum absolute atomic E-state index is 0.785. The smallest absolute Gasteiger partial charge is 0.0858 e. The van der Waals surface area contributed by atoms with Crippen molar-refractivity contribution in [1.82, 2.24) is 9.78 Å². The molecule has 0 saturated heterocycles. The van der Waals surface area contributed by atoms with Gasteiger partial charge in [0.2, 0.25) is 0 Å². The molecule has 0 saturated carbocycles. The van der Waals surface area contributed by atoms with Gasteiger partial charge in [-0.05, 0) is 38.0 Å². The summed E-state index contributed by atoms with van der Waals surface area (Å²) in [5, 5.41) is 5.33. The first-order valence-corrected chi connectivity index (χ1v) is 8.16. The van der Waals surface area contributed by atoms with Crippen LogP contribution in [0.1, 0.15) is 30.8 Å². The van der Waals surface area contributed by atoms with Crippen LogP contribution in [0, 0.1) is 6.92 Å². The van der Waals surface area contributed by atoms with E-state index in [0.29, 0.717) is 0 Å². The van der Waals surface area contributed by atoms with Crippen LogP contribution in [0.3, 0.4) is 0 Å². The number of thioether (sulfide) groups is 1. The van der Waals surface area contributed by atoms with Crippen molar-refractivity contribution >= 4 is 29.1 Å². The number of aryl methyl sites for hydroxylation is 3. The summed E-state index contributed by atoms with van der Waals surface area (Å²) >= 11 is 8.12. The molecule has 3 nitrogen and oxygen atoms in total. The quantitative estimate of drug-likeness (QED) is 0.661. The molecule has 0 aliphatic carbocycles. The zero-order valence-corrected chi connectivity index (χ0v) is 13.7. The lowest BCUT2D eigenvalue weighted by atomic mass is 10.2. The molecule has 2 aromatic rings. The summed E-state index contributed by atoms with van der Waals surface area (Å²) in [6.45, 7) is 7.03. The van der Waals surface area contributed by atoms with Gasteiger partial charge < -0.3 is 5.73 Å². The first kappa shape index (κ1) is 15.3. The molecule has 2 N–H and O–H groups in total. The highest BCUT2D eigenvalue weighted by Crippen LogP contribution is 2.32. The average Bonchev–Trinajstić information content (AvgIpc) is 2.74. The molecule has 1 heterocycles. The summed E-state index contributed by atoms with van der Waals surface area (Å²) in [6, 6.07) is 6.14. The van der Waals surface area contributed by atoms with Crippen LogP contribution in [0.4, 0.5) is 5.69 Å². The molecule has 108 valence electrons. The Labute approximate surface area is 129 Å². The minimum atomic E-state index is 0.785. The second kappa shape index (κ2) is 6.55. The number of nitrogens with zero attached hydrogens (tertiary/aromatic N) is 2. The maximum absolute atomic E-state index is 6.41. The summed E-state index contributed by atoms with van der Waals surface area (Å²) in [7, 11) is 0. The van der Waals surface area contributed by atoms with Crippen LogP contribution < -0.4 is 5.73 Å². The highest BCUT2D eigenvalue weighted by atomic mass is 35.5. The van der Waals surface area contributed by atoms with E-state index < -0.39 is 0 Å². The van der Waals surface area contributed by atoms with E-state index in [2.05, 4.69) is 31.1 Å². The largest absolute Gasteiger partial charge is 0.398 e. The zero-order chi connectivity index (χ0) is 14.7. The molecule has 0 fully saturated rings. The molecule has 1 aromatic heterocycles. The molecule has 20 heavy (non-hydrogen) atoms. The molecule has 5 heteroatoms. The number of aromatic nitrogens is 2. The standard InChI is InChI=1S/C15H20ClN3S/c1-4-12-15(16)13(19(5-2)18-12)9-20-14-7-6-10(3)8-11(14)17/h6-8H,4-5,9,17H2,1-3H3. The lowest BCUT2D eigenvalue weighted by molar-refractivity contribution is 0.628. The van der Waals surface area contributed by atoms with E-state index in [0.717, 1.165) is 45.7 Å². The highest BCUT2D eigenvalue weighted by Gasteiger charge is 2.14. The minimum Gasteiger partial charge on any atom is -0.398 e. The Morgan fingerprint density at radius 2 is 2.10 bits per heavy atom. The fourth-order valence-corrected chi connectivity index (χ4v) is 3.49. The fourth-order valence-electron chi connectivity index (χ4n) is 2.10. The van der Waals surface area contributed by atoms with Crippen LogP contribution in [0.25, 0.3) is 0 Å². The number of benzene rings is 1. The molecule has 0 amide bonds. The van der Waals surface area contributed by atoms with Crippen LogP contribution >= 0.6 is 23.4 Å². The van der Waals surface area contributed by atoms with Crippen molar-refractivity contribution in [2.45, 2.75) is 44.4 Å². The van der Waals surface area contributed by atoms with Gasteiger partial charge in [-0.3, -0.25) is 4.68 Å². The second-order valence-corrected chi connectivity index (χ2v) is 6.10. The number of rotatable bonds is 5. The average molecular weight is 310 g/mol. The van der Waals surface area contributed by atoms with Gasteiger partial charge in [-0.1, -0.05) is 24.6 Å². The number of anilines is 1. The molecule has 0 unspecified atom stereocenters. The highest BCUT2D eigenvalue weighted by molar-refractivity contribution is 7.98. The number of nitrogens with two attached hydrogens (primary N) is 1. The normalized spacial score (nSPS) is 11.0. The van der Waals surface area contributed by atoms with Gasteiger partial charge in [0.05, 0.1) is 16.4 Å². The predicted molar refractivity (Wildman–Crippen MR) is 87.4 cm³/mol. The monoisotopic (exact) mass is 309 g/mol. The summed E-state index contributed by atoms with van der Waals surface area (Å²) < 4.78 is 1.98. The summed E-state index contributed by atoms with van der Waals surface area (Å²) in [6.07, 6.45) is 0.857. The zero-order valence-electron chi connectivity index (χ0n) is 12.1. The van der Waals surface area contributed by atoms with Crippen molar-refractivity contribution in [1.29, 1.82) is 0 Å². The van der Waals surface area contributed by atoms with E-state index >= 15 is 0 Å². The van der Waals surface area contributed by atoms with E-state index in [1.807, 2.05) is 17.7 Å². The second-order valence-electron chi connectivity index (χ2n) is 4.71. The Hall–Kier alpha value is -1.13. The lowest BCUT2D eigenvalue weighted by Crippen LogP contribution is -2.02. The first-order chi connectivity index (χ1) is 9.56. The Morgan fingerprint density at radius 3 is 2.70 bits per heavy atom. The Morgan fingerprint density at radius 1 is 1.35 bits per heavy atom. The predicted octanol–water partition coefficient (Wildman–Crippen LogP) is 4.30. The van der Waals surface area contributed by atoms with Crippen LogP contribution in [0.5, 0.6) is 0 Å². The van der Waals surface area contributed by atoms with Crippen molar-refractivity contribution in [2.24, 2.45) is 0 Å². The summed E-state index contributed by atoms with van der Waals surface area (Å²) in [4.78, 5) is 1.09. The van der Waals surface area contributed by atoms with Gasteiger partial charge in [-0.2, -0.15) is 5.10 Å². The van der Waals surface area contributed by atoms with Crippen LogP contribution in [-0.2, 0) is 18.7 Å². The SMILES string of the molecule is CCc1nn(CC)c(CSc2ccc(C)cc2N)c1Cl. The first-order valence-electron chi connectivity index (χ1n) is 6.79. The van der Waals surface area contributed by atoms with E-state index in [1.165, 1.54) is 5.56 Å². The van der Waals surface area contributed by atoms with Crippen molar-refractivity contribution < 1.29 is 0 Å². The van der Waals surface area contributed by atoms with Crippen molar-refractivity contribution in [3.8, 4) is 0 Å². The van der Waals surface area contributed by atoms with Gasteiger partial charge in [-0.25, -0.2) is 0 Å². The van der Waals surface area contributed by atoms with Crippen LogP contribution in [-0.4, -0.2) is 9.78 Å². The maximum atomic E-state index is 6.41. The molecule has 0 aliphatic rings. The number of nitrogen functional groups attached to an aromatic ring is 1. The number of hydrogen-bond acceptors (Lipinski definition) is 3. The molecule has 0 spiro atoms. The fraction of sp³-hybridized carbons (Fsp3) is 0.400. The summed E-state index contributed by atoms with van der Waals surface area (Å²) in [5.74, 6) is 0.785. The Balaban J connectivity index is 2.20.